The highest BCUT2D eigenvalue weighted by molar-refractivity contribution is 6.09. The zero-order valence-electron chi connectivity index (χ0n) is 30.0. The highest BCUT2D eigenvalue weighted by Gasteiger charge is 2.21. The topological polar surface area (TPSA) is 69.6 Å². The van der Waals surface area contributed by atoms with Crippen molar-refractivity contribution in [2.75, 3.05) is 0 Å². The Labute approximate surface area is 322 Å². The van der Waals surface area contributed by atoms with E-state index in [1.807, 2.05) is 48.5 Å². The SMILES string of the molecule is c1ccc(-c2nc3cccc(-c4nc(-c5ccc(-c6ccc(-c7ccccc7)c7ccccc67)cc5)nc(-n5c6ccccc6c6ccccc65)n4)c3o2)cc1. The fourth-order valence-electron chi connectivity index (χ4n) is 7.90. The molecule has 0 aliphatic heterocycles. The minimum absolute atomic E-state index is 0.500. The maximum Gasteiger partial charge on any atom is 0.238 e. The smallest absolute Gasteiger partial charge is 0.238 e. The van der Waals surface area contributed by atoms with Gasteiger partial charge in [0.2, 0.25) is 11.8 Å². The highest BCUT2D eigenvalue weighted by atomic mass is 16.3. The van der Waals surface area contributed by atoms with Crippen molar-refractivity contribution in [1.82, 2.24) is 24.5 Å². The van der Waals surface area contributed by atoms with Crippen molar-refractivity contribution in [2.45, 2.75) is 0 Å². The van der Waals surface area contributed by atoms with Crippen molar-refractivity contribution in [1.29, 1.82) is 0 Å². The van der Waals surface area contributed by atoms with Gasteiger partial charge in [0, 0.05) is 21.9 Å². The van der Waals surface area contributed by atoms with Gasteiger partial charge in [0.25, 0.3) is 0 Å². The lowest BCUT2D eigenvalue weighted by atomic mass is 9.92. The first-order valence-corrected chi connectivity index (χ1v) is 18.6. The van der Waals surface area contributed by atoms with Crippen molar-refractivity contribution in [3.8, 4) is 62.4 Å². The Morgan fingerprint density at radius 2 is 0.857 bits per heavy atom. The summed E-state index contributed by atoms with van der Waals surface area (Å²) in [7, 11) is 0. The van der Waals surface area contributed by atoms with Crippen LogP contribution in [0, 0.1) is 0 Å². The van der Waals surface area contributed by atoms with Crippen LogP contribution in [0.3, 0.4) is 0 Å². The predicted molar refractivity (Wildman–Crippen MR) is 226 cm³/mol. The van der Waals surface area contributed by atoms with Crippen molar-refractivity contribution in [2.24, 2.45) is 0 Å². The Morgan fingerprint density at radius 3 is 1.50 bits per heavy atom. The zero-order valence-corrected chi connectivity index (χ0v) is 30.0. The van der Waals surface area contributed by atoms with Crippen LogP contribution in [0.1, 0.15) is 0 Å². The number of benzene rings is 8. The molecule has 0 fully saturated rings. The molecular weight excluding hydrogens is 687 g/mol. The van der Waals surface area contributed by atoms with Crippen LogP contribution in [0.2, 0.25) is 0 Å². The first kappa shape index (κ1) is 31.8. The normalized spacial score (nSPS) is 11.6. The molecule has 11 aromatic rings. The first-order chi connectivity index (χ1) is 27.8. The molecule has 0 unspecified atom stereocenters. The minimum Gasteiger partial charge on any atom is -0.435 e. The third-order valence-electron chi connectivity index (χ3n) is 10.5. The molecule has 0 bridgehead atoms. The van der Waals surface area contributed by atoms with Crippen LogP contribution in [0.25, 0.3) is 106 Å². The van der Waals surface area contributed by atoms with Crippen LogP contribution >= 0.6 is 0 Å². The summed E-state index contributed by atoms with van der Waals surface area (Å²) >= 11 is 0. The number of hydrogen-bond acceptors (Lipinski definition) is 5. The van der Waals surface area contributed by atoms with E-state index in [-0.39, 0.29) is 0 Å². The second kappa shape index (κ2) is 13.0. The van der Waals surface area contributed by atoms with E-state index in [1.54, 1.807) is 0 Å². The molecule has 262 valence electrons. The van der Waals surface area contributed by atoms with Crippen LogP contribution < -0.4 is 0 Å². The van der Waals surface area contributed by atoms with E-state index in [2.05, 4.69) is 144 Å². The van der Waals surface area contributed by atoms with Gasteiger partial charge >= 0.3 is 0 Å². The maximum absolute atomic E-state index is 6.47. The van der Waals surface area contributed by atoms with E-state index >= 15 is 0 Å². The molecular formula is C50H31N5O. The number of fused-ring (bicyclic) bond motifs is 5. The summed E-state index contributed by atoms with van der Waals surface area (Å²) in [6.07, 6.45) is 0. The lowest BCUT2D eigenvalue weighted by molar-refractivity contribution is 0.620. The van der Waals surface area contributed by atoms with E-state index in [0.717, 1.165) is 49.6 Å². The quantitative estimate of drug-likeness (QED) is 0.171. The number of oxazole rings is 1. The van der Waals surface area contributed by atoms with Crippen molar-refractivity contribution in [3.05, 3.63) is 188 Å². The Hall–Kier alpha value is -7.70. The van der Waals surface area contributed by atoms with Crippen LogP contribution in [0.15, 0.2) is 192 Å². The van der Waals surface area contributed by atoms with Gasteiger partial charge < -0.3 is 4.42 Å². The molecule has 3 heterocycles. The molecule has 56 heavy (non-hydrogen) atoms. The van der Waals surface area contributed by atoms with E-state index in [9.17, 15) is 0 Å². The fourth-order valence-corrected chi connectivity index (χ4v) is 7.90. The average Bonchev–Trinajstić information content (AvgIpc) is 3.87. The van der Waals surface area contributed by atoms with E-state index < -0.39 is 0 Å². The summed E-state index contributed by atoms with van der Waals surface area (Å²) in [5, 5.41) is 4.68. The van der Waals surface area contributed by atoms with Crippen LogP contribution in [-0.2, 0) is 0 Å². The lowest BCUT2D eigenvalue weighted by Crippen LogP contribution is -2.06. The zero-order chi connectivity index (χ0) is 37.0. The van der Waals surface area contributed by atoms with Gasteiger partial charge in [-0.2, -0.15) is 9.97 Å². The molecule has 8 aromatic carbocycles. The third kappa shape index (κ3) is 5.27. The Balaban J connectivity index is 1.09. The molecule has 6 nitrogen and oxygen atoms in total. The largest absolute Gasteiger partial charge is 0.435 e. The monoisotopic (exact) mass is 717 g/mol. The van der Waals surface area contributed by atoms with Gasteiger partial charge in [0.1, 0.15) is 5.52 Å². The summed E-state index contributed by atoms with van der Waals surface area (Å²) in [4.78, 5) is 20.4. The van der Waals surface area contributed by atoms with Gasteiger partial charge in [-0.3, -0.25) is 4.57 Å². The van der Waals surface area contributed by atoms with Crippen LogP contribution in [0.5, 0.6) is 0 Å². The van der Waals surface area contributed by atoms with Crippen LogP contribution in [0.4, 0.5) is 0 Å². The molecule has 0 saturated carbocycles. The standard InChI is InChI=1S/C50H31N5O/c1-3-14-32(15-4-1)36-30-31-37(39-19-8-7-18-38(36)39)33-26-28-34(29-27-33)47-52-48(42-22-13-23-43-46(42)56-49(51-43)35-16-5-2-6-17-35)54-50(53-47)55-44-24-11-9-20-40(44)41-21-10-12-25-45(41)55/h1-31H. The van der Waals surface area contributed by atoms with Gasteiger partial charge in [-0.05, 0) is 69.4 Å². The summed E-state index contributed by atoms with van der Waals surface area (Å²) < 4.78 is 8.60. The molecule has 0 spiro atoms. The number of para-hydroxylation sites is 3. The van der Waals surface area contributed by atoms with Gasteiger partial charge in [-0.15, -0.1) is 0 Å². The van der Waals surface area contributed by atoms with Gasteiger partial charge in [-0.25, -0.2) is 9.97 Å². The Morgan fingerprint density at radius 1 is 0.339 bits per heavy atom. The minimum atomic E-state index is 0.500. The summed E-state index contributed by atoms with van der Waals surface area (Å²) in [5.74, 6) is 2.13. The van der Waals surface area contributed by atoms with Crippen molar-refractivity contribution >= 4 is 43.7 Å². The van der Waals surface area contributed by atoms with Crippen molar-refractivity contribution in [3.63, 3.8) is 0 Å². The molecule has 0 N–H and O–H groups in total. The highest BCUT2D eigenvalue weighted by Crippen LogP contribution is 2.38. The fraction of sp³-hybridized carbons (Fsp3) is 0. The molecule has 0 radical (unpaired) electrons. The van der Waals surface area contributed by atoms with Gasteiger partial charge in [-0.1, -0.05) is 152 Å². The van der Waals surface area contributed by atoms with E-state index in [1.165, 1.54) is 27.5 Å². The number of rotatable bonds is 6. The molecule has 0 amide bonds. The third-order valence-corrected chi connectivity index (χ3v) is 10.5. The molecule has 6 heteroatoms. The molecule has 11 rings (SSSR count). The number of hydrogen-bond donors (Lipinski definition) is 0. The number of nitrogens with zero attached hydrogens (tertiary/aromatic N) is 5. The second-order valence-corrected chi connectivity index (χ2v) is 13.8. The summed E-state index contributed by atoms with van der Waals surface area (Å²) in [6, 6.07) is 64.8. The maximum atomic E-state index is 6.47. The average molecular weight is 718 g/mol. The lowest BCUT2D eigenvalue weighted by Gasteiger charge is -2.13. The predicted octanol–water partition coefficient (Wildman–Crippen LogP) is 12.6. The molecule has 0 atom stereocenters. The molecule has 0 aliphatic rings. The molecule has 0 saturated heterocycles. The van der Waals surface area contributed by atoms with E-state index in [4.69, 9.17) is 24.4 Å². The van der Waals surface area contributed by atoms with E-state index in [0.29, 0.717) is 29.1 Å². The first-order valence-electron chi connectivity index (χ1n) is 18.6. The second-order valence-electron chi connectivity index (χ2n) is 13.8. The van der Waals surface area contributed by atoms with Gasteiger partial charge in [0.15, 0.2) is 17.2 Å². The van der Waals surface area contributed by atoms with Crippen LogP contribution in [-0.4, -0.2) is 24.5 Å². The summed E-state index contributed by atoms with van der Waals surface area (Å²) in [5.41, 5.74) is 10.6. The summed E-state index contributed by atoms with van der Waals surface area (Å²) in [6.45, 7) is 0. The van der Waals surface area contributed by atoms with Crippen molar-refractivity contribution < 1.29 is 4.42 Å². The Bertz CT molecular complexity index is 3190. The molecule has 3 aromatic heterocycles. The van der Waals surface area contributed by atoms with Gasteiger partial charge in [0.05, 0.1) is 16.6 Å². The molecule has 0 aliphatic carbocycles. The Kier molecular flexibility index (Phi) is 7.38. The number of aromatic nitrogens is 5.